The molecule has 0 bridgehead atoms. The average molecular weight is 456 g/mol. The smallest absolute Gasteiger partial charge is 0.307 e. The van der Waals surface area contributed by atoms with Crippen LogP contribution >= 0.6 is 0 Å². The molecule has 0 saturated heterocycles. The number of aliphatic hydroxyl groups is 1. The van der Waals surface area contributed by atoms with E-state index in [1.165, 1.54) is 0 Å². The van der Waals surface area contributed by atoms with Crippen molar-refractivity contribution in [1.82, 2.24) is 25.2 Å². The molecular weight excluding hydrogens is 416 g/mol. The van der Waals surface area contributed by atoms with Gasteiger partial charge in [-0.25, -0.2) is 0 Å². The molecule has 1 aromatic rings. The van der Waals surface area contributed by atoms with Crippen LogP contribution in [0, 0.1) is 0 Å². The second-order valence-corrected chi connectivity index (χ2v) is 8.62. The zero-order valence-corrected chi connectivity index (χ0v) is 19.9. The summed E-state index contributed by atoms with van der Waals surface area (Å²) in [5.74, 6) is -0.407. The second-order valence-electron chi connectivity index (χ2n) is 8.62. The molecule has 0 unspecified atom stereocenters. The minimum atomic E-state index is -0.264. The van der Waals surface area contributed by atoms with Crippen molar-refractivity contribution in [1.29, 1.82) is 0 Å². The third-order valence-corrected chi connectivity index (χ3v) is 4.73. The first-order valence-electron chi connectivity index (χ1n) is 11.1. The number of quaternary nitrogens is 1. The Morgan fingerprint density at radius 3 is 2.62 bits per heavy atom. The third kappa shape index (κ3) is 12.4. The number of nitrogens with one attached hydrogen (secondary N) is 1. The zero-order valence-electron chi connectivity index (χ0n) is 19.9. The van der Waals surface area contributed by atoms with E-state index in [0.29, 0.717) is 51.9 Å². The Morgan fingerprint density at radius 1 is 1.22 bits per heavy atom. The molecule has 0 fully saturated rings. The van der Waals surface area contributed by atoms with Crippen LogP contribution in [0.4, 0.5) is 0 Å². The lowest BCUT2D eigenvalue weighted by atomic mass is 10.2. The van der Waals surface area contributed by atoms with E-state index >= 15 is 0 Å². The number of rotatable bonds is 16. The van der Waals surface area contributed by atoms with Crippen LogP contribution in [-0.2, 0) is 32.1 Å². The number of aryl methyl sites for hydroxylation is 2. The molecule has 2 N–H and O–H groups in total. The number of aliphatic hydroxyl groups excluding tert-OH is 1. The highest BCUT2D eigenvalue weighted by molar-refractivity contribution is 5.77. The lowest BCUT2D eigenvalue weighted by Gasteiger charge is -2.23. The van der Waals surface area contributed by atoms with Gasteiger partial charge in [0.05, 0.1) is 46.4 Å². The average Bonchev–Trinajstić information content (AvgIpc) is 3.18. The van der Waals surface area contributed by atoms with Gasteiger partial charge in [0, 0.05) is 38.7 Å². The van der Waals surface area contributed by atoms with Crippen LogP contribution in [0.3, 0.4) is 0 Å². The topological polar surface area (TPSA) is 127 Å². The standard InChI is InChI=1S/C21H38N6O5/c1-5-19(29)22-10-12-25(13-15-28)20(30)8-6-7-18-17-26(24-23-18)11-9-21(31)32-16-14-27(2,3)4/h17,28H,5-16H2,1-4H3/p+1. The Labute approximate surface area is 190 Å². The predicted octanol–water partition coefficient (Wildman–Crippen LogP) is -0.413. The number of carbonyl (C=O) groups is 3. The van der Waals surface area contributed by atoms with Crippen LogP contribution in [0.2, 0.25) is 0 Å². The van der Waals surface area contributed by atoms with Crippen molar-refractivity contribution in [3.8, 4) is 0 Å². The highest BCUT2D eigenvalue weighted by atomic mass is 16.5. The number of nitrogens with zero attached hydrogens (tertiary/aromatic N) is 5. The maximum Gasteiger partial charge on any atom is 0.307 e. The number of amides is 2. The van der Waals surface area contributed by atoms with Crippen molar-refractivity contribution in [2.75, 3.05) is 60.5 Å². The fourth-order valence-corrected chi connectivity index (χ4v) is 2.79. The second kappa shape index (κ2) is 14.5. The molecule has 11 nitrogen and oxygen atoms in total. The number of hydrogen-bond donors (Lipinski definition) is 2. The zero-order chi connectivity index (χ0) is 24.0. The van der Waals surface area contributed by atoms with Crippen molar-refractivity contribution in [3.05, 3.63) is 11.9 Å². The van der Waals surface area contributed by atoms with Crippen molar-refractivity contribution < 1.29 is 28.7 Å². The van der Waals surface area contributed by atoms with Gasteiger partial charge in [0.15, 0.2) is 0 Å². The fraction of sp³-hybridized carbons (Fsp3) is 0.762. The maximum atomic E-state index is 12.4. The first-order valence-corrected chi connectivity index (χ1v) is 11.1. The largest absolute Gasteiger partial charge is 0.460 e. The summed E-state index contributed by atoms with van der Waals surface area (Å²) in [5, 5.41) is 20.0. The molecule has 0 aliphatic carbocycles. The molecule has 0 saturated carbocycles. The van der Waals surface area contributed by atoms with E-state index in [1.54, 1.807) is 22.7 Å². The monoisotopic (exact) mass is 455 g/mol. The van der Waals surface area contributed by atoms with E-state index < -0.39 is 0 Å². The minimum Gasteiger partial charge on any atom is -0.460 e. The summed E-state index contributed by atoms with van der Waals surface area (Å²) in [6.07, 6.45) is 3.88. The van der Waals surface area contributed by atoms with Crippen LogP contribution in [-0.4, -0.2) is 108 Å². The van der Waals surface area contributed by atoms with E-state index in [9.17, 15) is 19.5 Å². The van der Waals surface area contributed by atoms with Gasteiger partial charge in [-0.05, 0) is 12.8 Å². The summed E-state index contributed by atoms with van der Waals surface area (Å²) in [5.41, 5.74) is 0.750. The minimum absolute atomic E-state index is 0.0677. The summed E-state index contributed by atoms with van der Waals surface area (Å²) in [4.78, 5) is 37.1. The van der Waals surface area contributed by atoms with Crippen molar-refractivity contribution in [2.24, 2.45) is 0 Å². The molecule has 0 aliphatic heterocycles. The molecule has 1 rings (SSSR count). The lowest BCUT2D eigenvalue weighted by Crippen LogP contribution is -2.39. The van der Waals surface area contributed by atoms with Crippen LogP contribution in [0.25, 0.3) is 0 Å². The van der Waals surface area contributed by atoms with Crippen molar-refractivity contribution in [2.45, 2.75) is 45.6 Å². The van der Waals surface area contributed by atoms with Gasteiger partial charge in [0.2, 0.25) is 11.8 Å². The Hall–Kier alpha value is -2.53. The van der Waals surface area contributed by atoms with Gasteiger partial charge >= 0.3 is 5.97 Å². The van der Waals surface area contributed by atoms with Crippen LogP contribution < -0.4 is 5.32 Å². The third-order valence-electron chi connectivity index (χ3n) is 4.73. The van der Waals surface area contributed by atoms with Crippen LogP contribution in [0.15, 0.2) is 6.20 Å². The molecular formula is C21H39N6O5+. The fourth-order valence-electron chi connectivity index (χ4n) is 2.79. The number of esters is 1. The summed E-state index contributed by atoms with van der Waals surface area (Å²) in [6.45, 7) is 4.14. The van der Waals surface area contributed by atoms with Gasteiger partial charge in [-0.1, -0.05) is 12.1 Å². The Balaban J connectivity index is 2.32. The van der Waals surface area contributed by atoms with Crippen molar-refractivity contribution >= 4 is 17.8 Å². The van der Waals surface area contributed by atoms with E-state index in [1.807, 2.05) is 21.1 Å². The van der Waals surface area contributed by atoms with Gasteiger partial charge < -0.3 is 24.5 Å². The summed E-state index contributed by atoms with van der Waals surface area (Å²) in [7, 11) is 6.11. The van der Waals surface area contributed by atoms with Crippen LogP contribution in [0.1, 0.15) is 38.3 Å². The molecule has 0 spiro atoms. The normalized spacial score (nSPS) is 11.3. The Morgan fingerprint density at radius 2 is 1.97 bits per heavy atom. The molecule has 0 aliphatic rings. The Bertz CT molecular complexity index is 716. The van der Waals surface area contributed by atoms with E-state index in [0.717, 1.165) is 16.7 Å². The number of aromatic nitrogens is 3. The van der Waals surface area contributed by atoms with Gasteiger partial charge in [-0.15, -0.1) is 5.10 Å². The summed E-state index contributed by atoms with van der Waals surface area (Å²) >= 11 is 0. The molecule has 1 heterocycles. The van der Waals surface area contributed by atoms with Crippen LogP contribution in [0.5, 0.6) is 0 Å². The molecule has 32 heavy (non-hydrogen) atoms. The molecule has 0 radical (unpaired) electrons. The van der Waals surface area contributed by atoms with Gasteiger partial charge in [-0.2, -0.15) is 0 Å². The molecule has 0 atom stereocenters. The highest BCUT2D eigenvalue weighted by Crippen LogP contribution is 2.05. The van der Waals surface area contributed by atoms with E-state index in [-0.39, 0.29) is 37.4 Å². The van der Waals surface area contributed by atoms with E-state index in [2.05, 4.69) is 15.6 Å². The quantitative estimate of drug-likeness (QED) is 0.256. The van der Waals surface area contributed by atoms with Gasteiger partial charge in [-0.3, -0.25) is 19.1 Å². The van der Waals surface area contributed by atoms with Gasteiger partial charge in [0.25, 0.3) is 0 Å². The highest BCUT2D eigenvalue weighted by Gasteiger charge is 2.14. The molecule has 11 heteroatoms. The SMILES string of the molecule is CCC(=O)NCCN(CCO)C(=O)CCCc1cn(CCC(=O)OCC[N+](C)(C)C)nn1. The first kappa shape index (κ1) is 27.5. The molecule has 2 amide bonds. The predicted molar refractivity (Wildman–Crippen MR) is 118 cm³/mol. The first-order chi connectivity index (χ1) is 15.1. The summed E-state index contributed by atoms with van der Waals surface area (Å²) < 4.78 is 7.56. The number of ether oxygens (including phenoxy) is 1. The molecule has 182 valence electrons. The van der Waals surface area contributed by atoms with Crippen molar-refractivity contribution in [3.63, 3.8) is 0 Å². The number of hydrogen-bond acceptors (Lipinski definition) is 7. The lowest BCUT2D eigenvalue weighted by molar-refractivity contribution is -0.870. The molecule has 0 aromatic carbocycles. The Kier molecular flexibility index (Phi) is 12.5. The molecule has 1 aromatic heterocycles. The van der Waals surface area contributed by atoms with E-state index in [4.69, 9.17) is 4.74 Å². The van der Waals surface area contributed by atoms with Gasteiger partial charge in [0.1, 0.15) is 13.2 Å². The summed E-state index contributed by atoms with van der Waals surface area (Å²) in [6, 6.07) is 0. The maximum absolute atomic E-state index is 12.4. The number of carbonyl (C=O) groups excluding carboxylic acids is 3. The number of likely N-dealkylation sites (N-methyl/N-ethyl adjacent to an activating group) is 1.